The van der Waals surface area contributed by atoms with Crippen molar-refractivity contribution in [3.05, 3.63) is 29.3 Å². The summed E-state index contributed by atoms with van der Waals surface area (Å²) in [5.74, 6) is 0.189. The average Bonchev–Trinajstić information content (AvgIpc) is 2.66. The summed E-state index contributed by atoms with van der Waals surface area (Å²) in [6.07, 6.45) is 4.50. The van der Waals surface area contributed by atoms with Crippen molar-refractivity contribution >= 4 is 11.6 Å². The Hall–Kier alpha value is -1.35. The molecule has 1 saturated heterocycles. The molecule has 1 aromatic carbocycles. The van der Waals surface area contributed by atoms with Gasteiger partial charge in [-0.25, -0.2) is 0 Å². The zero-order valence-electron chi connectivity index (χ0n) is 12.2. The van der Waals surface area contributed by atoms with Gasteiger partial charge in [0.2, 0.25) is 5.91 Å². The molecule has 3 nitrogen and oxygen atoms in total. The highest BCUT2D eigenvalue weighted by atomic mass is 16.2. The number of hydrogen-bond donors (Lipinski definition) is 1. The molecule has 3 heteroatoms. The molecule has 1 heterocycles. The number of hydrogen-bond acceptors (Lipinski definition) is 2. The molecule has 104 valence electrons. The van der Waals surface area contributed by atoms with E-state index < -0.39 is 0 Å². The summed E-state index contributed by atoms with van der Waals surface area (Å²) in [6.45, 7) is 5.09. The van der Waals surface area contributed by atoms with E-state index in [-0.39, 0.29) is 11.9 Å². The summed E-state index contributed by atoms with van der Waals surface area (Å²) in [6, 6.07) is 6.21. The van der Waals surface area contributed by atoms with Crippen LogP contribution in [0, 0.1) is 13.8 Å². The first-order valence-corrected chi connectivity index (χ1v) is 7.18. The lowest BCUT2D eigenvalue weighted by molar-refractivity contribution is -0.120. The first kappa shape index (κ1) is 14.1. The summed E-state index contributed by atoms with van der Waals surface area (Å²) < 4.78 is 0. The highest BCUT2D eigenvalue weighted by Crippen LogP contribution is 2.21. The van der Waals surface area contributed by atoms with Gasteiger partial charge in [0.15, 0.2) is 0 Å². The van der Waals surface area contributed by atoms with E-state index in [0.29, 0.717) is 0 Å². The maximum atomic E-state index is 12.6. The minimum atomic E-state index is -0.0202. The Morgan fingerprint density at radius 1 is 1.26 bits per heavy atom. The van der Waals surface area contributed by atoms with Gasteiger partial charge in [0.25, 0.3) is 0 Å². The molecule has 0 aliphatic carbocycles. The summed E-state index contributed by atoms with van der Waals surface area (Å²) >= 11 is 0. The predicted octanol–water partition coefficient (Wildman–Crippen LogP) is 2.80. The van der Waals surface area contributed by atoms with E-state index in [9.17, 15) is 4.79 Å². The number of carbonyl (C=O) groups excluding carboxylic acids is 1. The van der Waals surface area contributed by atoms with Crippen molar-refractivity contribution in [2.45, 2.75) is 45.6 Å². The summed E-state index contributed by atoms with van der Waals surface area (Å²) in [4.78, 5) is 14.4. The molecule has 1 amide bonds. The molecular weight excluding hydrogens is 236 g/mol. The lowest BCUT2D eigenvalue weighted by Crippen LogP contribution is -2.44. The van der Waals surface area contributed by atoms with Crippen LogP contribution in [0.25, 0.3) is 0 Å². The molecule has 0 saturated carbocycles. The van der Waals surface area contributed by atoms with Crippen molar-refractivity contribution in [1.82, 2.24) is 5.32 Å². The van der Waals surface area contributed by atoms with Crippen LogP contribution in [-0.4, -0.2) is 25.5 Å². The van der Waals surface area contributed by atoms with Crippen LogP contribution in [0.4, 0.5) is 5.69 Å². The van der Waals surface area contributed by atoms with Gasteiger partial charge in [-0.05, 0) is 44.9 Å². The summed E-state index contributed by atoms with van der Waals surface area (Å²) in [5, 5.41) is 3.37. The summed E-state index contributed by atoms with van der Waals surface area (Å²) in [7, 11) is 1.88. The van der Waals surface area contributed by atoms with Crippen molar-refractivity contribution in [2.75, 3.05) is 18.5 Å². The van der Waals surface area contributed by atoms with Crippen molar-refractivity contribution in [3.63, 3.8) is 0 Å². The number of rotatable bonds is 2. The van der Waals surface area contributed by atoms with E-state index in [4.69, 9.17) is 0 Å². The molecule has 1 unspecified atom stereocenters. The van der Waals surface area contributed by atoms with Gasteiger partial charge < -0.3 is 10.2 Å². The molecule has 0 aromatic heterocycles. The predicted molar refractivity (Wildman–Crippen MR) is 79.6 cm³/mol. The highest BCUT2D eigenvalue weighted by molar-refractivity contribution is 5.97. The monoisotopic (exact) mass is 260 g/mol. The van der Waals surface area contributed by atoms with Gasteiger partial charge in [-0.2, -0.15) is 0 Å². The number of anilines is 1. The molecule has 1 N–H and O–H groups in total. The molecule has 1 fully saturated rings. The molecule has 0 radical (unpaired) electrons. The normalized spacial score (nSPS) is 19.8. The van der Waals surface area contributed by atoms with Gasteiger partial charge in [-0.15, -0.1) is 0 Å². The molecule has 1 aliphatic heterocycles. The van der Waals surface area contributed by atoms with Gasteiger partial charge in [0, 0.05) is 12.7 Å². The van der Waals surface area contributed by atoms with E-state index in [1.54, 1.807) is 4.90 Å². The van der Waals surface area contributed by atoms with Gasteiger partial charge in [-0.3, -0.25) is 4.79 Å². The van der Waals surface area contributed by atoms with Crippen molar-refractivity contribution in [1.29, 1.82) is 0 Å². The maximum Gasteiger partial charge on any atom is 0.243 e. The third-order valence-corrected chi connectivity index (χ3v) is 3.90. The van der Waals surface area contributed by atoms with Gasteiger partial charge in [0.05, 0.1) is 6.04 Å². The standard InChI is InChI=1S/C16H24N2O/c1-12-8-9-15(13(2)11-12)18(3)16(19)14-7-5-4-6-10-17-14/h8-9,11,14,17H,4-7,10H2,1-3H3. The second-order valence-corrected chi connectivity index (χ2v) is 5.54. The Labute approximate surface area is 116 Å². The molecule has 2 rings (SSSR count). The SMILES string of the molecule is Cc1ccc(N(C)C(=O)C2CCCCCN2)c(C)c1. The number of benzene rings is 1. The topological polar surface area (TPSA) is 32.3 Å². The largest absolute Gasteiger partial charge is 0.314 e. The van der Waals surface area contributed by atoms with Crippen LogP contribution in [0.1, 0.15) is 36.8 Å². The minimum Gasteiger partial charge on any atom is -0.314 e. The average molecular weight is 260 g/mol. The first-order valence-electron chi connectivity index (χ1n) is 7.18. The van der Waals surface area contributed by atoms with E-state index in [0.717, 1.165) is 30.6 Å². The van der Waals surface area contributed by atoms with Crippen LogP contribution >= 0.6 is 0 Å². The zero-order chi connectivity index (χ0) is 13.8. The van der Waals surface area contributed by atoms with Crippen molar-refractivity contribution in [3.8, 4) is 0 Å². The number of amides is 1. The number of nitrogens with one attached hydrogen (secondary N) is 1. The van der Waals surface area contributed by atoms with E-state index in [1.807, 2.05) is 13.1 Å². The molecule has 1 aromatic rings. The molecular formula is C16H24N2O. The Morgan fingerprint density at radius 3 is 2.79 bits per heavy atom. The Morgan fingerprint density at radius 2 is 2.05 bits per heavy atom. The minimum absolute atomic E-state index is 0.0202. The number of carbonyl (C=O) groups is 1. The van der Waals surface area contributed by atoms with Gasteiger partial charge in [-0.1, -0.05) is 30.5 Å². The second-order valence-electron chi connectivity index (χ2n) is 5.54. The molecule has 0 spiro atoms. The molecule has 1 atom stereocenters. The van der Waals surface area contributed by atoms with Crippen molar-refractivity contribution in [2.24, 2.45) is 0 Å². The van der Waals surface area contributed by atoms with E-state index in [2.05, 4.69) is 31.3 Å². The van der Waals surface area contributed by atoms with Crippen LogP contribution in [0.5, 0.6) is 0 Å². The molecule has 19 heavy (non-hydrogen) atoms. The Bertz CT molecular complexity index is 448. The van der Waals surface area contributed by atoms with E-state index >= 15 is 0 Å². The maximum absolute atomic E-state index is 12.6. The van der Waals surface area contributed by atoms with Crippen LogP contribution in [-0.2, 0) is 4.79 Å². The first-order chi connectivity index (χ1) is 9.09. The number of likely N-dealkylation sites (N-methyl/N-ethyl adjacent to an activating group) is 1. The van der Waals surface area contributed by atoms with E-state index in [1.165, 1.54) is 18.4 Å². The fraction of sp³-hybridized carbons (Fsp3) is 0.562. The number of nitrogens with zero attached hydrogens (tertiary/aromatic N) is 1. The fourth-order valence-corrected chi connectivity index (χ4v) is 2.77. The fourth-order valence-electron chi connectivity index (χ4n) is 2.77. The van der Waals surface area contributed by atoms with Crippen molar-refractivity contribution < 1.29 is 4.79 Å². The van der Waals surface area contributed by atoms with Crippen LogP contribution in [0.2, 0.25) is 0 Å². The Balaban J connectivity index is 2.13. The smallest absolute Gasteiger partial charge is 0.243 e. The number of aryl methyl sites for hydroxylation is 2. The van der Waals surface area contributed by atoms with Crippen LogP contribution in [0.15, 0.2) is 18.2 Å². The van der Waals surface area contributed by atoms with Crippen LogP contribution in [0.3, 0.4) is 0 Å². The molecule has 0 bridgehead atoms. The Kier molecular flexibility index (Phi) is 4.59. The molecule has 1 aliphatic rings. The third kappa shape index (κ3) is 3.35. The quantitative estimate of drug-likeness (QED) is 0.887. The van der Waals surface area contributed by atoms with Gasteiger partial charge in [0.1, 0.15) is 0 Å². The highest BCUT2D eigenvalue weighted by Gasteiger charge is 2.24. The van der Waals surface area contributed by atoms with Gasteiger partial charge >= 0.3 is 0 Å². The van der Waals surface area contributed by atoms with Crippen LogP contribution < -0.4 is 10.2 Å². The summed E-state index contributed by atoms with van der Waals surface area (Å²) in [5.41, 5.74) is 3.40. The second kappa shape index (κ2) is 6.20. The third-order valence-electron chi connectivity index (χ3n) is 3.90. The zero-order valence-corrected chi connectivity index (χ0v) is 12.2. The lowest BCUT2D eigenvalue weighted by atomic mass is 10.1. The lowest BCUT2D eigenvalue weighted by Gasteiger charge is -2.25.